The van der Waals surface area contributed by atoms with Crippen molar-refractivity contribution in [2.24, 2.45) is 23.2 Å². The third-order valence-electron chi connectivity index (χ3n) is 10.3. The zero-order chi connectivity index (χ0) is 26.9. The third kappa shape index (κ3) is 5.22. The van der Waals surface area contributed by atoms with Crippen LogP contribution in [-0.4, -0.2) is 72.8 Å². The monoisotopic (exact) mass is 534 g/mol. The maximum atomic E-state index is 12.9. The Morgan fingerprint density at radius 2 is 0.921 bits per heavy atom. The van der Waals surface area contributed by atoms with Gasteiger partial charge in [-0.3, -0.25) is 14.4 Å². The highest BCUT2D eigenvalue weighted by Gasteiger charge is 2.58. The Morgan fingerprint density at radius 1 is 0.632 bits per heavy atom. The van der Waals surface area contributed by atoms with E-state index in [0.717, 1.165) is 38.5 Å². The van der Waals surface area contributed by atoms with Crippen molar-refractivity contribution in [3.63, 3.8) is 0 Å². The van der Waals surface area contributed by atoms with E-state index in [1.165, 1.54) is 0 Å². The fourth-order valence-electron chi connectivity index (χ4n) is 6.79. The van der Waals surface area contributed by atoms with Crippen molar-refractivity contribution >= 4 is 17.9 Å². The highest BCUT2D eigenvalue weighted by atomic mass is 16.6. The van der Waals surface area contributed by atoms with Gasteiger partial charge in [-0.05, 0) is 85.5 Å². The maximum absolute atomic E-state index is 12.9. The Labute approximate surface area is 224 Å². The van der Waals surface area contributed by atoms with Crippen LogP contribution in [0.3, 0.4) is 0 Å². The average Bonchev–Trinajstić information content (AvgIpc) is 3.82. The fraction of sp³-hybridized carbons (Fsp3) is 0.897. The van der Waals surface area contributed by atoms with E-state index in [9.17, 15) is 14.4 Å². The number of esters is 3. The van der Waals surface area contributed by atoms with Gasteiger partial charge >= 0.3 is 17.9 Å². The van der Waals surface area contributed by atoms with Crippen molar-refractivity contribution < 1.29 is 42.8 Å². The molecule has 0 amide bonds. The molecule has 0 N–H and O–H groups in total. The minimum absolute atomic E-state index is 0.00856. The molecular formula is C29H42O9. The minimum atomic E-state index is -0.848. The van der Waals surface area contributed by atoms with Gasteiger partial charge in [-0.1, -0.05) is 0 Å². The van der Waals surface area contributed by atoms with Crippen LogP contribution in [0.4, 0.5) is 0 Å². The van der Waals surface area contributed by atoms with E-state index in [1.54, 1.807) is 0 Å². The SMILES string of the molecule is CC(COC(=O)C1CCC2(C)OC2C1)(COC(=O)C1CCC2(C)OC2C1)COC(=O)C1CCC2(C)OC2C1. The zero-order valence-electron chi connectivity index (χ0n) is 23.1. The van der Waals surface area contributed by atoms with Crippen molar-refractivity contribution in [3.05, 3.63) is 0 Å². The second-order valence-electron chi connectivity index (χ2n) is 13.8. The summed E-state index contributed by atoms with van der Waals surface area (Å²) in [7, 11) is 0. The van der Waals surface area contributed by atoms with E-state index in [4.69, 9.17) is 28.4 Å². The molecule has 3 aliphatic heterocycles. The van der Waals surface area contributed by atoms with E-state index >= 15 is 0 Å². The summed E-state index contributed by atoms with van der Waals surface area (Å²) >= 11 is 0. The summed E-state index contributed by atoms with van der Waals surface area (Å²) in [6.45, 7) is 8.13. The lowest BCUT2D eigenvalue weighted by Gasteiger charge is -2.31. The van der Waals surface area contributed by atoms with Crippen LogP contribution in [0.1, 0.15) is 85.5 Å². The van der Waals surface area contributed by atoms with Gasteiger partial charge in [0.15, 0.2) is 0 Å². The summed E-state index contributed by atoms with van der Waals surface area (Å²) < 4.78 is 34.5. The molecule has 0 radical (unpaired) electrons. The van der Waals surface area contributed by atoms with Gasteiger partial charge in [-0.15, -0.1) is 0 Å². The molecule has 3 aliphatic carbocycles. The Morgan fingerprint density at radius 3 is 1.18 bits per heavy atom. The smallest absolute Gasteiger partial charge is 0.309 e. The molecule has 3 heterocycles. The van der Waals surface area contributed by atoms with Gasteiger partial charge in [0.05, 0.1) is 58.3 Å². The number of hydrogen-bond donors (Lipinski definition) is 0. The van der Waals surface area contributed by atoms with E-state index in [2.05, 4.69) is 20.8 Å². The Bertz CT molecular complexity index is 875. The van der Waals surface area contributed by atoms with Gasteiger partial charge in [-0.2, -0.15) is 0 Å². The first-order valence-electron chi connectivity index (χ1n) is 14.4. The van der Waals surface area contributed by atoms with Gasteiger partial charge in [0.1, 0.15) is 19.8 Å². The second-order valence-corrected chi connectivity index (χ2v) is 13.8. The topological polar surface area (TPSA) is 116 Å². The predicted octanol–water partition coefficient (Wildman–Crippen LogP) is 3.50. The number of fused-ring (bicyclic) bond motifs is 3. The van der Waals surface area contributed by atoms with Gasteiger partial charge in [0, 0.05) is 0 Å². The van der Waals surface area contributed by atoms with E-state index < -0.39 is 5.41 Å². The van der Waals surface area contributed by atoms with Crippen molar-refractivity contribution in [1.82, 2.24) is 0 Å². The van der Waals surface area contributed by atoms with Gasteiger partial charge in [0.2, 0.25) is 0 Å². The molecule has 9 heteroatoms. The summed E-state index contributed by atoms with van der Waals surface area (Å²) in [6.07, 6.45) is 7.14. The van der Waals surface area contributed by atoms with Gasteiger partial charge < -0.3 is 28.4 Å². The van der Waals surface area contributed by atoms with E-state index in [1.807, 2.05) is 6.92 Å². The van der Waals surface area contributed by atoms with Crippen LogP contribution in [0.25, 0.3) is 0 Å². The molecule has 0 aromatic heterocycles. The predicted molar refractivity (Wildman–Crippen MR) is 133 cm³/mol. The molecule has 212 valence electrons. The number of carbonyl (C=O) groups excluding carboxylic acids is 3. The molecule has 0 spiro atoms. The van der Waals surface area contributed by atoms with Gasteiger partial charge in [-0.25, -0.2) is 0 Å². The number of ether oxygens (including phenoxy) is 6. The lowest BCUT2D eigenvalue weighted by Crippen LogP contribution is -2.40. The van der Waals surface area contributed by atoms with E-state index in [0.29, 0.717) is 19.3 Å². The van der Waals surface area contributed by atoms with E-state index in [-0.39, 0.29) is 90.6 Å². The molecule has 3 saturated carbocycles. The number of epoxide rings is 3. The molecule has 9 nitrogen and oxygen atoms in total. The molecule has 9 unspecified atom stereocenters. The lowest BCUT2D eigenvalue weighted by atomic mass is 9.83. The first-order valence-corrected chi connectivity index (χ1v) is 14.4. The van der Waals surface area contributed by atoms with Crippen LogP contribution in [0.15, 0.2) is 0 Å². The zero-order valence-corrected chi connectivity index (χ0v) is 23.1. The standard InChI is InChI=1S/C29H42O9/c1-26(14-33-23(30)17-5-8-27(2)20(11-17)36-27,15-34-24(31)18-6-9-28(3)21(12-18)37-28)16-35-25(32)19-7-10-29(4)22(13-19)38-29/h17-22H,5-16H2,1-4H3. The summed E-state index contributed by atoms with van der Waals surface area (Å²) in [5, 5.41) is 0. The second kappa shape index (κ2) is 9.16. The van der Waals surface area contributed by atoms with Crippen LogP contribution in [-0.2, 0) is 42.8 Å². The summed E-state index contributed by atoms with van der Waals surface area (Å²) in [5.74, 6) is -1.38. The minimum Gasteiger partial charge on any atom is -0.465 e. The fourth-order valence-corrected chi connectivity index (χ4v) is 6.79. The molecular weight excluding hydrogens is 492 g/mol. The average molecular weight is 535 g/mol. The third-order valence-corrected chi connectivity index (χ3v) is 10.3. The van der Waals surface area contributed by atoms with Crippen molar-refractivity contribution in [2.45, 2.75) is 121 Å². The Hall–Kier alpha value is -1.71. The number of hydrogen-bond acceptors (Lipinski definition) is 9. The summed E-state index contributed by atoms with van der Waals surface area (Å²) in [4.78, 5) is 38.7. The van der Waals surface area contributed by atoms with Crippen LogP contribution in [0.5, 0.6) is 0 Å². The highest BCUT2D eigenvalue weighted by Crippen LogP contribution is 2.51. The highest BCUT2D eigenvalue weighted by molar-refractivity contribution is 5.74. The number of carbonyl (C=O) groups is 3. The summed E-state index contributed by atoms with van der Waals surface area (Å²) in [6, 6.07) is 0. The Balaban J connectivity index is 1.03. The maximum Gasteiger partial charge on any atom is 0.309 e. The molecule has 6 rings (SSSR count). The van der Waals surface area contributed by atoms with Crippen LogP contribution >= 0.6 is 0 Å². The number of rotatable bonds is 9. The largest absolute Gasteiger partial charge is 0.465 e. The molecule has 0 aromatic rings. The molecule has 0 aromatic carbocycles. The molecule has 6 aliphatic rings. The molecule has 6 fully saturated rings. The molecule has 38 heavy (non-hydrogen) atoms. The summed E-state index contributed by atoms with van der Waals surface area (Å²) in [5.41, 5.74) is -1.06. The van der Waals surface area contributed by atoms with Crippen LogP contribution in [0.2, 0.25) is 0 Å². The van der Waals surface area contributed by atoms with Gasteiger partial charge in [0.25, 0.3) is 0 Å². The van der Waals surface area contributed by atoms with Crippen molar-refractivity contribution in [3.8, 4) is 0 Å². The lowest BCUT2D eigenvalue weighted by molar-refractivity contribution is -0.167. The molecule has 3 saturated heterocycles. The first-order chi connectivity index (χ1) is 17.9. The molecule has 9 atom stereocenters. The Kier molecular flexibility index (Phi) is 6.39. The van der Waals surface area contributed by atoms with Crippen molar-refractivity contribution in [2.75, 3.05) is 19.8 Å². The molecule has 0 bridgehead atoms. The van der Waals surface area contributed by atoms with Crippen LogP contribution < -0.4 is 0 Å². The first kappa shape index (κ1) is 26.5. The quantitative estimate of drug-likeness (QED) is 0.249. The van der Waals surface area contributed by atoms with Crippen LogP contribution in [0, 0.1) is 23.2 Å². The van der Waals surface area contributed by atoms with Crippen molar-refractivity contribution in [1.29, 1.82) is 0 Å². The normalized spacial score (nSPS) is 45.8.